The Morgan fingerprint density at radius 3 is 1.41 bits per heavy atom. The van der Waals surface area contributed by atoms with Gasteiger partial charge in [0.25, 0.3) is 0 Å². The third-order valence-electron chi connectivity index (χ3n) is 4.45. The van der Waals surface area contributed by atoms with Crippen LogP contribution in [-0.4, -0.2) is 93.4 Å². The van der Waals surface area contributed by atoms with Crippen molar-refractivity contribution in [2.45, 2.75) is 116 Å². The van der Waals surface area contributed by atoms with Crippen molar-refractivity contribution in [2.75, 3.05) is 26.4 Å². The minimum absolute atomic E-state index is 0.0127. The highest BCUT2D eigenvalue weighted by Crippen LogP contribution is 2.04. The number of carboxylic acid groups (broad SMARTS) is 2. The molecule has 0 fully saturated rings. The molecule has 0 saturated carbocycles. The molecule has 0 heterocycles. The van der Waals surface area contributed by atoms with Crippen LogP contribution in [0.5, 0.6) is 0 Å². The van der Waals surface area contributed by atoms with Crippen molar-refractivity contribution in [1.29, 1.82) is 0 Å². The van der Waals surface area contributed by atoms with Crippen molar-refractivity contribution in [3.05, 3.63) is 0 Å². The van der Waals surface area contributed by atoms with Gasteiger partial charge >= 0.3 is 11.9 Å². The predicted molar refractivity (Wildman–Crippen MR) is 130 cm³/mol. The first kappa shape index (κ1) is 37.3. The van der Waals surface area contributed by atoms with Crippen LogP contribution in [-0.2, 0) is 19.1 Å². The molecular formula is C24H50O10. The fourth-order valence-electron chi connectivity index (χ4n) is 2.34. The van der Waals surface area contributed by atoms with Crippen molar-refractivity contribution >= 4 is 11.9 Å². The van der Waals surface area contributed by atoms with Crippen LogP contribution >= 0.6 is 0 Å². The minimum atomic E-state index is -0.870. The van der Waals surface area contributed by atoms with Gasteiger partial charge in [-0.3, -0.25) is 9.59 Å². The van der Waals surface area contributed by atoms with Gasteiger partial charge in [-0.25, -0.2) is 0 Å². The summed E-state index contributed by atoms with van der Waals surface area (Å²) in [5, 5.41) is 52.1. The summed E-state index contributed by atoms with van der Waals surface area (Å²) in [5.74, 6) is -1.74. The zero-order valence-electron chi connectivity index (χ0n) is 21.5. The monoisotopic (exact) mass is 498 g/mol. The third-order valence-corrected chi connectivity index (χ3v) is 4.45. The van der Waals surface area contributed by atoms with E-state index in [-0.39, 0.29) is 50.5 Å². The Hall–Kier alpha value is -1.30. The summed E-state index contributed by atoms with van der Waals surface area (Å²) in [6.07, 6.45) is 5.82. The van der Waals surface area contributed by atoms with E-state index in [1.165, 1.54) is 6.42 Å². The Morgan fingerprint density at radius 1 is 0.676 bits per heavy atom. The Bertz CT molecular complexity index is 431. The second-order valence-electron chi connectivity index (χ2n) is 8.24. The molecule has 0 saturated heterocycles. The summed E-state index contributed by atoms with van der Waals surface area (Å²) < 4.78 is 10.3. The van der Waals surface area contributed by atoms with E-state index in [9.17, 15) is 19.8 Å². The van der Waals surface area contributed by atoms with Crippen molar-refractivity contribution < 1.29 is 49.7 Å². The van der Waals surface area contributed by atoms with Crippen LogP contribution in [0.2, 0.25) is 0 Å². The maximum atomic E-state index is 9.90. The summed E-state index contributed by atoms with van der Waals surface area (Å²) in [6.45, 7) is 8.41. The lowest BCUT2D eigenvalue weighted by Gasteiger charge is -2.14. The zero-order valence-corrected chi connectivity index (χ0v) is 21.5. The highest BCUT2D eigenvalue weighted by Gasteiger charge is 2.07. The Morgan fingerprint density at radius 2 is 1.09 bits per heavy atom. The van der Waals surface area contributed by atoms with Gasteiger partial charge in [0.05, 0.1) is 50.8 Å². The van der Waals surface area contributed by atoms with Gasteiger partial charge in [0.15, 0.2) is 0 Å². The average molecular weight is 499 g/mol. The number of aliphatic carboxylic acids is 2. The molecule has 34 heavy (non-hydrogen) atoms. The van der Waals surface area contributed by atoms with E-state index in [0.29, 0.717) is 26.1 Å². The Labute approximate surface area is 204 Å². The van der Waals surface area contributed by atoms with E-state index in [0.717, 1.165) is 32.1 Å². The number of hydrogen-bond acceptors (Lipinski definition) is 8. The van der Waals surface area contributed by atoms with Crippen LogP contribution in [0.1, 0.15) is 91.9 Å². The predicted octanol–water partition coefficient (Wildman–Crippen LogP) is 2.59. The molecule has 0 amide bonds. The van der Waals surface area contributed by atoms with E-state index >= 15 is 0 Å². The summed E-state index contributed by atoms with van der Waals surface area (Å²) in [6, 6.07) is 0. The van der Waals surface area contributed by atoms with Gasteiger partial charge in [0.2, 0.25) is 0 Å². The number of aliphatic hydroxyl groups is 4. The van der Waals surface area contributed by atoms with Crippen molar-refractivity contribution in [2.24, 2.45) is 0 Å². The second-order valence-corrected chi connectivity index (χ2v) is 8.24. The van der Waals surface area contributed by atoms with E-state index < -0.39 is 11.9 Å². The molecule has 206 valence electrons. The molecule has 0 aliphatic heterocycles. The van der Waals surface area contributed by atoms with Crippen LogP contribution in [0.15, 0.2) is 0 Å². The summed E-state index contributed by atoms with van der Waals surface area (Å²) in [5.41, 5.74) is 0. The first-order valence-electron chi connectivity index (χ1n) is 12.3. The molecule has 0 bridgehead atoms. The van der Waals surface area contributed by atoms with Crippen LogP contribution in [0.4, 0.5) is 0 Å². The number of aliphatic hydroxyl groups excluding tert-OH is 4. The molecule has 10 heteroatoms. The SMILES string of the molecule is CCCC(O)COC(C)CO.CCCCCC(O)COC(C)CO.O=C(O)CCCCC(=O)O. The first-order valence-corrected chi connectivity index (χ1v) is 12.3. The summed E-state index contributed by atoms with van der Waals surface area (Å²) in [7, 11) is 0. The molecule has 0 spiro atoms. The van der Waals surface area contributed by atoms with Gasteiger partial charge in [0, 0.05) is 12.8 Å². The molecule has 0 rings (SSSR count). The maximum absolute atomic E-state index is 9.90. The van der Waals surface area contributed by atoms with Crippen LogP contribution in [0, 0.1) is 0 Å². The maximum Gasteiger partial charge on any atom is 0.303 e. The number of unbranched alkanes of at least 4 members (excludes halogenated alkanes) is 3. The van der Waals surface area contributed by atoms with Crippen molar-refractivity contribution in [1.82, 2.24) is 0 Å². The van der Waals surface area contributed by atoms with Crippen molar-refractivity contribution in [3.8, 4) is 0 Å². The number of rotatable bonds is 19. The van der Waals surface area contributed by atoms with Gasteiger partial charge in [-0.15, -0.1) is 0 Å². The number of ether oxygens (including phenoxy) is 2. The fraction of sp³-hybridized carbons (Fsp3) is 0.917. The van der Waals surface area contributed by atoms with Gasteiger partial charge in [0.1, 0.15) is 0 Å². The highest BCUT2D eigenvalue weighted by atomic mass is 16.5. The lowest BCUT2D eigenvalue weighted by molar-refractivity contribution is -0.139. The Kier molecular flexibility index (Phi) is 30.6. The van der Waals surface area contributed by atoms with Gasteiger partial charge in [-0.05, 0) is 39.5 Å². The van der Waals surface area contributed by atoms with Crippen LogP contribution in [0.3, 0.4) is 0 Å². The standard InChI is InChI=1S/C10H22O3.C8H18O3.C6H10O4/c1-3-4-5-6-10(12)8-13-9(2)7-11;1-3-4-8(10)6-11-7(2)5-9;7-5(8)3-1-2-4-6(9)10/h9-12H,3-8H2,1-2H3;7-10H,3-6H2,1-2H3;1-4H2,(H,7,8)(H,9,10). The van der Waals surface area contributed by atoms with Crippen molar-refractivity contribution in [3.63, 3.8) is 0 Å². The molecule has 10 nitrogen and oxygen atoms in total. The van der Waals surface area contributed by atoms with E-state index in [2.05, 4.69) is 6.92 Å². The van der Waals surface area contributed by atoms with E-state index in [1.54, 1.807) is 13.8 Å². The number of carbonyl (C=O) groups is 2. The molecule has 6 N–H and O–H groups in total. The normalized spacial score (nSPS) is 14.0. The minimum Gasteiger partial charge on any atom is -0.481 e. The van der Waals surface area contributed by atoms with Gasteiger partial charge in [-0.2, -0.15) is 0 Å². The quantitative estimate of drug-likeness (QED) is 0.145. The van der Waals surface area contributed by atoms with Crippen LogP contribution in [0.25, 0.3) is 0 Å². The highest BCUT2D eigenvalue weighted by molar-refractivity contribution is 5.67. The topological polar surface area (TPSA) is 174 Å². The molecule has 0 aromatic heterocycles. The average Bonchev–Trinajstić information content (AvgIpc) is 2.79. The molecule has 4 atom stereocenters. The molecule has 0 radical (unpaired) electrons. The van der Waals surface area contributed by atoms with E-state index in [4.69, 9.17) is 29.9 Å². The summed E-state index contributed by atoms with van der Waals surface area (Å²) >= 11 is 0. The molecule has 0 aliphatic rings. The molecule has 0 aliphatic carbocycles. The smallest absolute Gasteiger partial charge is 0.303 e. The van der Waals surface area contributed by atoms with Gasteiger partial charge in [-0.1, -0.05) is 39.5 Å². The fourth-order valence-corrected chi connectivity index (χ4v) is 2.34. The first-order chi connectivity index (χ1) is 16.0. The lowest BCUT2D eigenvalue weighted by atomic mass is 10.1. The molecule has 4 unspecified atom stereocenters. The zero-order chi connectivity index (χ0) is 26.8. The molecule has 0 aromatic carbocycles. The molecule has 0 aromatic rings. The third kappa shape index (κ3) is 35.3. The Balaban J connectivity index is -0.000000428. The number of hydrogen-bond donors (Lipinski definition) is 6. The van der Waals surface area contributed by atoms with E-state index in [1.807, 2.05) is 6.92 Å². The van der Waals surface area contributed by atoms with Gasteiger partial charge < -0.3 is 40.1 Å². The summed E-state index contributed by atoms with van der Waals surface area (Å²) in [4.78, 5) is 19.8. The lowest BCUT2D eigenvalue weighted by Crippen LogP contribution is -2.21. The number of carboxylic acids is 2. The second kappa shape index (κ2) is 27.9. The van der Waals surface area contributed by atoms with Crippen LogP contribution < -0.4 is 0 Å². The largest absolute Gasteiger partial charge is 0.481 e. The molecular weight excluding hydrogens is 448 g/mol.